The molecule has 0 saturated heterocycles. The van der Waals surface area contributed by atoms with Crippen molar-refractivity contribution >= 4 is 0 Å². The Bertz CT molecular complexity index is 312. The van der Waals surface area contributed by atoms with Gasteiger partial charge in [0.25, 0.3) is 0 Å². The van der Waals surface area contributed by atoms with Crippen molar-refractivity contribution in [2.75, 3.05) is 14.2 Å². The SMILES string of the molecule is CONCc1cc(OC)cc(C)c1O. The molecule has 2 N–H and O–H groups in total. The van der Waals surface area contributed by atoms with Crippen LogP contribution in [0.1, 0.15) is 11.1 Å². The molecule has 0 atom stereocenters. The number of aromatic hydroxyl groups is 1. The van der Waals surface area contributed by atoms with E-state index < -0.39 is 0 Å². The van der Waals surface area contributed by atoms with Crippen molar-refractivity contribution in [2.45, 2.75) is 13.5 Å². The van der Waals surface area contributed by atoms with Gasteiger partial charge in [0.1, 0.15) is 11.5 Å². The second-order valence-corrected chi connectivity index (χ2v) is 2.98. The summed E-state index contributed by atoms with van der Waals surface area (Å²) in [5.41, 5.74) is 4.21. The summed E-state index contributed by atoms with van der Waals surface area (Å²) < 4.78 is 5.09. The van der Waals surface area contributed by atoms with E-state index in [1.807, 2.05) is 6.92 Å². The van der Waals surface area contributed by atoms with E-state index in [0.717, 1.165) is 16.9 Å². The van der Waals surface area contributed by atoms with Crippen LogP contribution in [-0.2, 0) is 11.4 Å². The molecule has 0 unspecified atom stereocenters. The van der Waals surface area contributed by atoms with E-state index in [2.05, 4.69) is 5.48 Å². The second kappa shape index (κ2) is 4.83. The normalized spacial score (nSPS) is 10.2. The van der Waals surface area contributed by atoms with Crippen molar-refractivity contribution in [3.8, 4) is 11.5 Å². The standard InChI is InChI=1S/C10H15NO3/c1-7-4-9(13-2)5-8(10(7)12)6-11-14-3/h4-5,11-12H,6H2,1-3H3. The third-order valence-corrected chi connectivity index (χ3v) is 2.00. The third kappa shape index (κ3) is 2.37. The maximum Gasteiger partial charge on any atom is 0.123 e. The Morgan fingerprint density at radius 1 is 1.36 bits per heavy atom. The van der Waals surface area contributed by atoms with Gasteiger partial charge in [-0.2, -0.15) is 5.48 Å². The third-order valence-electron chi connectivity index (χ3n) is 2.00. The Hall–Kier alpha value is -1.26. The van der Waals surface area contributed by atoms with Crippen molar-refractivity contribution in [1.29, 1.82) is 0 Å². The monoisotopic (exact) mass is 197 g/mol. The number of rotatable bonds is 4. The highest BCUT2D eigenvalue weighted by atomic mass is 16.6. The number of ether oxygens (including phenoxy) is 1. The zero-order valence-corrected chi connectivity index (χ0v) is 8.63. The number of hydrogen-bond donors (Lipinski definition) is 2. The van der Waals surface area contributed by atoms with E-state index in [9.17, 15) is 5.11 Å². The number of hydrogen-bond acceptors (Lipinski definition) is 4. The minimum absolute atomic E-state index is 0.273. The van der Waals surface area contributed by atoms with E-state index in [1.54, 1.807) is 19.2 Å². The molecule has 1 aromatic rings. The van der Waals surface area contributed by atoms with Gasteiger partial charge >= 0.3 is 0 Å². The Balaban J connectivity index is 2.95. The molecule has 0 aliphatic rings. The Labute approximate surface area is 83.4 Å². The van der Waals surface area contributed by atoms with Crippen LogP contribution in [0.5, 0.6) is 11.5 Å². The fraction of sp³-hybridized carbons (Fsp3) is 0.400. The number of phenols is 1. The van der Waals surface area contributed by atoms with Gasteiger partial charge in [-0.3, -0.25) is 0 Å². The van der Waals surface area contributed by atoms with Gasteiger partial charge in [-0.1, -0.05) is 0 Å². The van der Waals surface area contributed by atoms with Crippen LogP contribution >= 0.6 is 0 Å². The summed E-state index contributed by atoms with van der Waals surface area (Å²) in [6.45, 7) is 2.27. The van der Waals surface area contributed by atoms with Crippen LogP contribution in [0.3, 0.4) is 0 Å². The highest BCUT2D eigenvalue weighted by Crippen LogP contribution is 2.27. The minimum Gasteiger partial charge on any atom is -0.507 e. The molecule has 0 radical (unpaired) electrons. The fourth-order valence-corrected chi connectivity index (χ4v) is 1.22. The molecule has 0 aliphatic carbocycles. The lowest BCUT2D eigenvalue weighted by Gasteiger charge is -2.10. The van der Waals surface area contributed by atoms with Crippen LogP contribution in [0.25, 0.3) is 0 Å². The van der Waals surface area contributed by atoms with Crippen molar-refractivity contribution in [1.82, 2.24) is 5.48 Å². The van der Waals surface area contributed by atoms with Gasteiger partial charge in [0.2, 0.25) is 0 Å². The first kappa shape index (κ1) is 10.8. The first-order chi connectivity index (χ1) is 6.69. The molecule has 4 nitrogen and oxygen atoms in total. The highest BCUT2D eigenvalue weighted by molar-refractivity contribution is 5.45. The van der Waals surface area contributed by atoms with Gasteiger partial charge in [0.05, 0.1) is 14.2 Å². The van der Waals surface area contributed by atoms with E-state index >= 15 is 0 Å². The first-order valence-corrected chi connectivity index (χ1v) is 4.31. The largest absolute Gasteiger partial charge is 0.507 e. The molecule has 78 valence electrons. The average molecular weight is 197 g/mol. The number of aryl methyl sites for hydroxylation is 1. The molecule has 0 spiro atoms. The summed E-state index contributed by atoms with van der Waals surface area (Å²) in [4.78, 5) is 4.71. The first-order valence-electron chi connectivity index (χ1n) is 4.31. The molecule has 0 amide bonds. The van der Waals surface area contributed by atoms with Crippen LogP contribution in [-0.4, -0.2) is 19.3 Å². The van der Waals surface area contributed by atoms with Crippen molar-refractivity contribution in [3.63, 3.8) is 0 Å². The highest BCUT2D eigenvalue weighted by Gasteiger charge is 2.06. The molecule has 0 aromatic heterocycles. The Morgan fingerprint density at radius 2 is 2.07 bits per heavy atom. The Morgan fingerprint density at radius 3 is 2.64 bits per heavy atom. The summed E-state index contributed by atoms with van der Waals surface area (Å²) in [5.74, 6) is 1.00. The van der Waals surface area contributed by atoms with Crippen LogP contribution in [0, 0.1) is 6.92 Å². The molecule has 1 rings (SSSR count). The van der Waals surface area contributed by atoms with Gasteiger partial charge in [-0.25, -0.2) is 0 Å². The van der Waals surface area contributed by atoms with Crippen LogP contribution in [0.4, 0.5) is 0 Å². The van der Waals surface area contributed by atoms with Crippen LogP contribution in [0.15, 0.2) is 12.1 Å². The molecule has 14 heavy (non-hydrogen) atoms. The number of benzene rings is 1. The summed E-state index contributed by atoms with van der Waals surface area (Å²) in [6.07, 6.45) is 0. The Kier molecular flexibility index (Phi) is 3.73. The average Bonchev–Trinajstić information content (AvgIpc) is 2.20. The topological polar surface area (TPSA) is 50.7 Å². The van der Waals surface area contributed by atoms with Gasteiger partial charge in [0, 0.05) is 12.1 Å². The number of methoxy groups -OCH3 is 1. The summed E-state index contributed by atoms with van der Waals surface area (Å²) in [7, 11) is 3.13. The minimum atomic E-state index is 0.273. The lowest BCUT2D eigenvalue weighted by molar-refractivity contribution is 0.0861. The van der Waals surface area contributed by atoms with Gasteiger partial charge in [-0.15, -0.1) is 0 Å². The number of nitrogens with one attached hydrogen (secondary N) is 1. The lowest BCUT2D eigenvalue weighted by Crippen LogP contribution is -2.11. The smallest absolute Gasteiger partial charge is 0.123 e. The molecule has 0 saturated carbocycles. The quantitative estimate of drug-likeness (QED) is 0.715. The maximum atomic E-state index is 9.69. The summed E-state index contributed by atoms with van der Waals surface area (Å²) in [6, 6.07) is 3.56. The molecular formula is C10H15NO3. The van der Waals surface area contributed by atoms with Crippen molar-refractivity contribution in [3.05, 3.63) is 23.3 Å². The van der Waals surface area contributed by atoms with E-state index in [1.165, 1.54) is 7.11 Å². The molecular weight excluding hydrogens is 182 g/mol. The second-order valence-electron chi connectivity index (χ2n) is 2.98. The van der Waals surface area contributed by atoms with E-state index in [-0.39, 0.29) is 5.75 Å². The summed E-state index contributed by atoms with van der Waals surface area (Å²) >= 11 is 0. The molecule has 1 aromatic carbocycles. The molecule has 0 bridgehead atoms. The lowest BCUT2D eigenvalue weighted by atomic mass is 10.1. The predicted octanol–water partition coefficient (Wildman–Crippen LogP) is 1.36. The molecule has 0 aliphatic heterocycles. The van der Waals surface area contributed by atoms with Crippen molar-refractivity contribution < 1.29 is 14.7 Å². The fourth-order valence-electron chi connectivity index (χ4n) is 1.22. The predicted molar refractivity (Wildman–Crippen MR) is 53.2 cm³/mol. The zero-order chi connectivity index (χ0) is 10.6. The van der Waals surface area contributed by atoms with E-state index in [0.29, 0.717) is 6.54 Å². The molecule has 0 heterocycles. The van der Waals surface area contributed by atoms with Crippen molar-refractivity contribution in [2.24, 2.45) is 0 Å². The molecule has 4 heteroatoms. The van der Waals surface area contributed by atoms with Gasteiger partial charge in [-0.05, 0) is 24.6 Å². The van der Waals surface area contributed by atoms with Gasteiger partial charge in [0.15, 0.2) is 0 Å². The number of hydroxylamine groups is 1. The maximum absolute atomic E-state index is 9.69. The van der Waals surface area contributed by atoms with Crippen LogP contribution < -0.4 is 10.2 Å². The van der Waals surface area contributed by atoms with E-state index in [4.69, 9.17) is 9.57 Å². The molecule has 0 fully saturated rings. The zero-order valence-electron chi connectivity index (χ0n) is 8.63. The number of phenolic OH excluding ortho intramolecular Hbond substituents is 1. The van der Waals surface area contributed by atoms with Gasteiger partial charge < -0.3 is 14.7 Å². The van der Waals surface area contributed by atoms with Crippen LogP contribution in [0.2, 0.25) is 0 Å². The summed E-state index contributed by atoms with van der Waals surface area (Å²) in [5, 5.41) is 9.69.